The summed E-state index contributed by atoms with van der Waals surface area (Å²) in [6, 6.07) is 9.81. The van der Waals surface area contributed by atoms with Gasteiger partial charge in [0.1, 0.15) is 0 Å². The van der Waals surface area contributed by atoms with E-state index in [0.29, 0.717) is 12.1 Å². The number of aliphatic hydroxyl groups is 1. The topological polar surface area (TPSA) is 62.2 Å². The van der Waals surface area contributed by atoms with Crippen LogP contribution in [0.5, 0.6) is 0 Å². The number of thiophene rings is 1. The Morgan fingerprint density at radius 1 is 1.31 bits per heavy atom. The molecule has 1 aliphatic carbocycles. The fraction of sp³-hybridized carbons (Fsp3) is 0.400. The summed E-state index contributed by atoms with van der Waals surface area (Å²) in [5.74, 6) is -0.0288. The third-order valence-electron chi connectivity index (χ3n) is 5.30. The molecule has 136 valence electrons. The van der Waals surface area contributed by atoms with E-state index in [4.69, 9.17) is 0 Å². The number of thiazole rings is 1. The number of rotatable bonds is 5. The van der Waals surface area contributed by atoms with Gasteiger partial charge in [0.2, 0.25) is 0 Å². The van der Waals surface area contributed by atoms with Crippen molar-refractivity contribution in [2.24, 2.45) is 0 Å². The van der Waals surface area contributed by atoms with Gasteiger partial charge in [-0.1, -0.05) is 12.8 Å². The number of carbonyl (C=O) groups excluding carboxylic acids is 1. The molecular weight excluding hydrogens is 364 g/mol. The maximum Gasteiger partial charge on any atom is 0.251 e. The number of carbonyl (C=O) groups is 1. The van der Waals surface area contributed by atoms with Gasteiger partial charge in [0, 0.05) is 27.3 Å². The molecule has 0 saturated heterocycles. The Hall–Kier alpha value is -1.76. The van der Waals surface area contributed by atoms with E-state index < -0.39 is 6.10 Å². The Labute approximate surface area is 160 Å². The zero-order valence-electron chi connectivity index (χ0n) is 14.7. The summed E-state index contributed by atoms with van der Waals surface area (Å²) in [5.41, 5.74) is 3.42. The van der Waals surface area contributed by atoms with Crippen LogP contribution in [0.1, 0.15) is 58.8 Å². The summed E-state index contributed by atoms with van der Waals surface area (Å²) in [4.78, 5) is 19.2. The number of hydrogen-bond acceptors (Lipinski definition) is 5. The molecule has 1 atom stereocenters. The quantitative estimate of drug-likeness (QED) is 0.671. The Kier molecular flexibility index (Phi) is 4.82. The summed E-state index contributed by atoms with van der Waals surface area (Å²) >= 11 is 3.23. The van der Waals surface area contributed by atoms with Crippen LogP contribution in [0, 0.1) is 0 Å². The van der Waals surface area contributed by atoms with E-state index in [1.807, 2.05) is 24.3 Å². The largest absolute Gasteiger partial charge is 0.388 e. The van der Waals surface area contributed by atoms with Crippen LogP contribution < -0.4 is 5.32 Å². The minimum atomic E-state index is -0.437. The highest BCUT2D eigenvalue weighted by atomic mass is 32.1. The van der Waals surface area contributed by atoms with Gasteiger partial charge in [-0.3, -0.25) is 4.79 Å². The van der Waals surface area contributed by atoms with Crippen molar-refractivity contribution in [2.75, 3.05) is 6.54 Å². The molecule has 1 aromatic carbocycles. The van der Waals surface area contributed by atoms with Gasteiger partial charge in [0.05, 0.1) is 21.8 Å². The average molecular weight is 387 g/mol. The Balaban J connectivity index is 1.52. The molecule has 2 heterocycles. The van der Waals surface area contributed by atoms with Crippen LogP contribution in [-0.4, -0.2) is 22.5 Å². The Morgan fingerprint density at radius 3 is 2.85 bits per heavy atom. The molecule has 0 aliphatic heterocycles. The summed E-state index contributed by atoms with van der Waals surface area (Å²) in [7, 11) is 0. The maximum absolute atomic E-state index is 12.7. The summed E-state index contributed by atoms with van der Waals surface area (Å²) in [6.45, 7) is 2.45. The molecule has 0 spiro atoms. The van der Waals surface area contributed by atoms with Gasteiger partial charge >= 0.3 is 0 Å². The molecule has 0 radical (unpaired) electrons. The first kappa shape index (κ1) is 17.6. The molecule has 2 aromatic heterocycles. The van der Waals surface area contributed by atoms with E-state index in [0.717, 1.165) is 27.9 Å². The van der Waals surface area contributed by atoms with Gasteiger partial charge in [0.25, 0.3) is 5.91 Å². The van der Waals surface area contributed by atoms with E-state index in [9.17, 15) is 9.90 Å². The Morgan fingerprint density at radius 2 is 2.12 bits per heavy atom. The van der Waals surface area contributed by atoms with Crippen molar-refractivity contribution in [1.29, 1.82) is 0 Å². The smallest absolute Gasteiger partial charge is 0.251 e. The van der Waals surface area contributed by atoms with Crippen molar-refractivity contribution in [3.05, 3.63) is 51.2 Å². The molecular formula is C20H22N2O2S2. The molecule has 1 fully saturated rings. The summed E-state index contributed by atoms with van der Waals surface area (Å²) in [6.07, 6.45) is 4.10. The van der Waals surface area contributed by atoms with Crippen LogP contribution in [0.3, 0.4) is 0 Å². The summed E-state index contributed by atoms with van der Waals surface area (Å²) < 4.78 is 1.04. The minimum Gasteiger partial charge on any atom is -0.388 e. The minimum absolute atomic E-state index is 0.00204. The number of fused-ring (bicyclic) bond motifs is 1. The molecule has 1 saturated carbocycles. The SMILES string of the molecule is C[C@@H](O)c1ccc(C2(CNC(=O)c3ccc4ncsc4c3)CCCC2)s1. The maximum atomic E-state index is 12.7. The molecule has 1 aliphatic rings. The number of aromatic nitrogens is 1. The lowest BCUT2D eigenvalue weighted by molar-refractivity contribution is 0.0943. The molecule has 0 bridgehead atoms. The van der Waals surface area contributed by atoms with Crippen molar-refractivity contribution in [2.45, 2.75) is 44.1 Å². The number of aliphatic hydroxyl groups excluding tert-OH is 1. The molecule has 2 N–H and O–H groups in total. The lowest BCUT2D eigenvalue weighted by atomic mass is 9.84. The molecule has 4 rings (SSSR count). The average Bonchev–Trinajstić information content (AvgIpc) is 3.39. The van der Waals surface area contributed by atoms with Crippen LogP contribution in [0.2, 0.25) is 0 Å². The van der Waals surface area contributed by atoms with Crippen molar-refractivity contribution < 1.29 is 9.90 Å². The third kappa shape index (κ3) is 3.29. The first-order chi connectivity index (χ1) is 12.6. The predicted molar refractivity (Wildman–Crippen MR) is 107 cm³/mol. The predicted octanol–water partition coefficient (Wildman–Crippen LogP) is 4.65. The van der Waals surface area contributed by atoms with Crippen LogP contribution in [0.15, 0.2) is 35.8 Å². The first-order valence-electron chi connectivity index (χ1n) is 8.97. The van der Waals surface area contributed by atoms with E-state index in [-0.39, 0.29) is 11.3 Å². The van der Waals surface area contributed by atoms with Crippen molar-refractivity contribution in [3.63, 3.8) is 0 Å². The van der Waals surface area contributed by atoms with E-state index in [1.165, 1.54) is 17.7 Å². The standard InChI is InChI=1S/C20H22N2O2S2/c1-13(23)16-6-7-18(26-16)20(8-2-3-9-20)11-21-19(24)14-4-5-15-17(10-14)25-12-22-15/h4-7,10,12-13,23H,2-3,8-9,11H2,1H3,(H,21,24)/t13-/m1/s1. The highest BCUT2D eigenvalue weighted by Crippen LogP contribution is 2.44. The fourth-order valence-electron chi connectivity index (χ4n) is 3.77. The van der Waals surface area contributed by atoms with Gasteiger partial charge in [-0.2, -0.15) is 0 Å². The molecule has 3 aromatic rings. The summed E-state index contributed by atoms with van der Waals surface area (Å²) in [5, 5.41) is 13.0. The zero-order valence-corrected chi connectivity index (χ0v) is 16.3. The highest BCUT2D eigenvalue weighted by molar-refractivity contribution is 7.16. The number of benzene rings is 1. The van der Waals surface area contributed by atoms with E-state index in [1.54, 1.807) is 35.1 Å². The van der Waals surface area contributed by atoms with Gasteiger partial charge in [-0.15, -0.1) is 22.7 Å². The second-order valence-corrected chi connectivity index (χ2v) is 9.08. The third-order valence-corrected chi connectivity index (χ3v) is 7.60. The van der Waals surface area contributed by atoms with Gasteiger partial charge in [-0.05, 0) is 50.1 Å². The molecule has 26 heavy (non-hydrogen) atoms. The molecule has 4 nitrogen and oxygen atoms in total. The number of nitrogens with one attached hydrogen (secondary N) is 1. The van der Waals surface area contributed by atoms with Crippen LogP contribution >= 0.6 is 22.7 Å². The first-order valence-corrected chi connectivity index (χ1v) is 10.7. The van der Waals surface area contributed by atoms with Crippen molar-refractivity contribution >= 4 is 38.8 Å². The van der Waals surface area contributed by atoms with Gasteiger partial charge < -0.3 is 10.4 Å². The second-order valence-electron chi connectivity index (χ2n) is 7.08. The second kappa shape index (κ2) is 7.10. The zero-order chi connectivity index (χ0) is 18.1. The Bertz CT molecular complexity index is 923. The lowest BCUT2D eigenvalue weighted by Crippen LogP contribution is -2.38. The molecule has 0 unspecified atom stereocenters. The van der Waals surface area contributed by atoms with E-state index in [2.05, 4.69) is 16.4 Å². The van der Waals surface area contributed by atoms with Crippen LogP contribution in [0.4, 0.5) is 0 Å². The number of amides is 1. The highest BCUT2D eigenvalue weighted by Gasteiger charge is 2.37. The lowest BCUT2D eigenvalue weighted by Gasteiger charge is -2.28. The van der Waals surface area contributed by atoms with Crippen molar-refractivity contribution in [1.82, 2.24) is 10.3 Å². The van der Waals surface area contributed by atoms with Crippen molar-refractivity contribution in [3.8, 4) is 0 Å². The molecule has 1 amide bonds. The fourth-order valence-corrected chi connectivity index (χ4v) is 5.68. The van der Waals surface area contributed by atoms with Crippen LogP contribution in [-0.2, 0) is 5.41 Å². The van der Waals surface area contributed by atoms with Crippen LogP contribution in [0.25, 0.3) is 10.2 Å². The van der Waals surface area contributed by atoms with Gasteiger partial charge in [0.15, 0.2) is 0 Å². The number of nitrogens with zero attached hydrogens (tertiary/aromatic N) is 1. The normalized spacial score (nSPS) is 17.5. The monoisotopic (exact) mass is 386 g/mol. The van der Waals surface area contributed by atoms with Gasteiger partial charge in [-0.25, -0.2) is 4.98 Å². The number of hydrogen-bond donors (Lipinski definition) is 2. The molecule has 6 heteroatoms. The van der Waals surface area contributed by atoms with E-state index >= 15 is 0 Å².